The number of carbonyl (C=O) groups is 1. The standard InChI is InChI=1S/C31H28N2O3S2/c1-20-8-3-6-11-26(20)38-29-21(2)18-31(33-30(29)34,22-15-17-37-19-22)27-12-7-13-28(32-27)36-25-14-16-35-24-10-5-4-9-23(24)25/h3-13,15,17,19,25,29H,2,14,16,18H2,1H3,(H,33,34). The number of aromatic nitrogens is 1. The monoisotopic (exact) mass is 540 g/mol. The lowest BCUT2D eigenvalue weighted by Gasteiger charge is -2.41. The maximum absolute atomic E-state index is 13.7. The van der Waals surface area contributed by atoms with Gasteiger partial charge in [-0.3, -0.25) is 4.79 Å². The first-order chi connectivity index (χ1) is 18.5. The number of rotatable bonds is 6. The molecule has 1 saturated heterocycles. The summed E-state index contributed by atoms with van der Waals surface area (Å²) in [5.74, 6) is 1.31. The van der Waals surface area contributed by atoms with E-state index in [0.717, 1.165) is 45.0 Å². The molecule has 0 aliphatic carbocycles. The van der Waals surface area contributed by atoms with E-state index in [9.17, 15) is 4.79 Å². The molecule has 0 spiro atoms. The summed E-state index contributed by atoms with van der Waals surface area (Å²) in [7, 11) is 0. The van der Waals surface area contributed by atoms with Gasteiger partial charge >= 0.3 is 0 Å². The van der Waals surface area contributed by atoms with Crippen LogP contribution in [0.1, 0.15) is 41.3 Å². The molecule has 192 valence electrons. The number of benzene rings is 2. The third-order valence-electron chi connectivity index (χ3n) is 7.12. The highest BCUT2D eigenvalue weighted by Gasteiger charge is 2.46. The summed E-state index contributed by atoms with van der Waals surface area (Å²) in [5.41, 5.74) is 3.96. The minimum atomic E-state index is -0.816. The Labute approximate surface area is 230 Å². The largest absolute Gasteiger partial charge is 0.493 e. The van der Waals surface area contributed by atoms with Crippen LogP contribution in [0.3, 0.4) is 0 Å². The fraction of sp³-hybridized carbons (Fsp3) is 0.226. The molecule has 38 heavy (non-hydrogen) atoms. The van der Waals surface area contributed by atoms with Crippen molar-refractivity contribution in [1.82, 2.24) is 10.3 Å². The van der Waals surface area contributed by atoms with Gasteiger partial charge in [0.05, 0.1) is 12.3 Å². The van der Waals surface area contributed by atoms with Gasteiger partial charge in [0, 0.05) is 29.4 Å². The molecule has 5 nitrogen and oxygen atoms in total. The van der Waals surface area contributed by atoms with E-state index in [0.29, 0.717) is 18.9 Å². The van der Waals surface area contributed by atoms with E-state index in [1.165, 1.54) is 0 Å². The first-order valence-corrected chi connectivity index (χ1v) is 14.5. The molecule has 3 atom stereocenters. The van der Waals surface area contributed by atoms with E-state index in [2.05, 4.69) is 42.4 Å². The van der Waals surface area contributed by atoms with Gasteiger partial charge in [0.25, 0.3) is 0 Å². The molecule has 0 saturated carbocycles. The number of hydrogen-bond donors (Lipinski definition) is 1. The fourth-order valence-electron chi connectivity index (χ4n) is 5.17. The lowest BCUT2D eigenvalue weighted by molar-refractivity contribution is -0.122. The zero-order valence-electron chi connectivity index (χ0n) is 21.1. The van der Waals surface area contributed by atoms with Crippen LogP contribution in [0.5, 0.6) is 11.6 Å². The van der Waals surface area contributed by atoms with Crippen LogP contribution in [-0.4, -0.2) is 22.7 Å². The number of amides is 1. The van der Waals surface area contributed by atoms with Crippen LogP contribution in [0, 0.1) is 6.92 Å². The summed E-state index contributed by atoms with van der Waals surface area (Å²) in [4.78, 5) is 19.7. The van der Waals surface area contributed by atoms with Crippen molar-refractivity contribution in [3.63, 3.8) is 0 Å². The van der Waals surface area contributed by atoms with Gasteiger partial charge in [-0.2, -0.15) is 11.3 Å². The van der Waals surface area contributed by atoms with Gasteiger partial charge in [0.1, 0.15) is 22.6 Å². The molecule has 0 bridgehead atoms. The van der Waals surface area contributed by atoms with Crippen molar-refractivity contribution in [1.29, 1.82) is 0 Å². The number of fused-ring (bicyclic) bond motifs is 1. The highest BCUT2D eigenvalue weighted by molar-refractivity contribution is 8.00. The van der Waals surface area contributed by atoms with E-state index < -0.39 is 5.54 Å². The summed E-state index contributed by atoms with van der Waals surface area (Å²) >= 11 is 3.15. The number of nitrogens with one attached hydrogen (secondary N) is 1. The molecule has 1 fully saturated rings. The molecule has 1 amide bonds. The third kappa shape index (κ3) is 4.61. The number of para-hydroxylation sites is 1. The Morgan fingerprint density at radius 1 is 1.11 bits per heavy atom. The summed E-state index contributed by atoms with van der Waals surface area (Å²) < 4.78 is 12.2. The van der Waals surface area contributed by atoms with Crippen molar-refractivity contribution in [2.24, 2.45) is 0 Å². The average molecular weight is 541 g/mol. The Morgan fingerprint density at radius 2 is 1.95 bits per heavy atom. The van der Waals surface area contributed by atoms with Crippen LogP contribution in [0.25, 0.3) is 0 Å². The Hall–Kier alpha value is -3.55. The molecule has 1 N–H and O–H groups in total. The molecule has 2 aliphatic rings. The number of aryl methyl sites for hydroxylation is 1. The van der Waals surface area contributed by atoms with E-state index >= 15 is 0 Å². The van der Waals surface area contributed by atoms with Crippen LogP contribution < -0.4 is 14.8 Å². The van der Waals surface area contributed by atoms with Crippen LogP contribution in [0.15, 0.2) is 101 Å². The number of pyridine rings is 1. The second-order valence-corrected chi connectivity index (χ2v) is 11.6. The van der Waals surface area contributed by atoms with Gasteiger partial charge in [-0.15, -0.1) is 11.8 Å². The van der Waals surface area contributed by atoms with E-state index in [1.807, 2.05) is 60.0 Å². The van der Waals surface area contributed by atoms with Gasteiger partial charge in [-0.25, -0.2) is 4.98 Å². The highest BCUT2D eigenvalue weighted by Crippen LogP contribution is 2.44. The van der Waals surface area contributed by atoms with E-state index in [1.54, 1.807) is 23.1 Å². The second-order valence-electron chi connectivity index (χ2n) is 9.65. The minimum Gasteiger partial charge on any atom is -0.493 e. The van der Waals surface area contributed by atoms with Crippen LogP contribution >= 0.6 is 23.1 Å². The predicted molar refractivity (Wildman–Crippen MR) is 152 cm³/mol. The quantitative estimate of drug-likeness (QED) is 0.272. The maximum atomic E-state index is 13.7. The maximum Gasteiger partial charge on any atom is 0.238 e. The topological polar surface area (TPSA) is 60.5 Å². The van der Waals surface area contributed by atoms with Gasteiger partial charge in [0.15, 0.2) is 0 Å². The predicted octanol–water partition coefficient (Wildman–Crippen LogP) is 6.83. The molecule has 3 unspecified atom stereocenters. The van der Waals surface area contributed by atoms with Crippen molar-refractivity contribution < 1.29 is 14.3 Å². The Balaban J connectivity index is 1.32. The third-order valence-corrected chi connectivity index (χ3v) is 9.30. The number of carbonyl (C=O) groups excluding carboxylic acids is 1. The van der Waals surface area contributed by atoms with Crippen LogP contribution in [0.2, 0.25) is 0 Å². The normalized spacial score (nSPS) is 22.8. The van der Waals surface area contributed by atoms with Gasteiger partial charge in [0.2, 0.25) is 11.8 Å². The number of thioether (sulfide) groups is 1. The first-order valence-electron chi connectivity index (χ1n) is 12.6. The van der Waals surface area contributed by atoms with E-state index in [4.69, 9.17) is 14.5 Å². The number of ether oxygens (including phenoxy) is 2. The molecule has 4 heterocycles. The summed E-state index contributed by atoms with van der Waals surface area (Å²) in [5, 5.41) is 7.09. The highest BCUT2D eigenvalue weighted by atomic mass is 32.2. The lowest BCUT2D eigenvalue weighted by Crippen LogP contribution is -2.55. The smallest absolute Gasteiger partial charge is 0.238 e. The van der Waals surface area contributed by atoms with E-state index in [-0.39, 0.29) is 17.3 Å². The summed E-state index contributed by atoms with van der Waals surface area (Å²) in [6, 6.07) is 23.9. The molecule has 2 aromatic carbocycles. The molecule has 0 radical (unpaired) electrons. The SMILES string of the molecule is C=C1CC(c2ccsc2)(c2cccc(OC3CCOc4ccccc43)n2)NC(=O)C1Sc1ccccc1C. The Morgan fingerprint density at radius 3 is 2.76 bits per heavy atom. The van der Waals surface area contributed by atoms with Crippen molar-refractivity contribution in [2.45, 2.75) is 41.6 Å². The molecule has 2 aliphatic heterocycles. The molecular weight excluding hydrogens is 512 g/mol. The molecule has 2 aromatic heterocycles. The van der Waals surface area contributed by atoms with Crippen molar-refractivity contribution >= 4 is 29.0 Å². The number of nitrogens with zero attached hydrogens (tertiary/aromatic N) is 1. The minimum absolute atomic E-state index is 0.0628. The molecular formula is C31H28N2O3S2. The van der Waals surface area contributed by atoms with Gasteiger partial charge in [-0.1, -0.05) is 54.6 Å². The van der Waals surface area contributed by atoms with Crippen molar-refractivity contribution in [3.8, 4) is 11.6 Å². The Bertz CT molecular complexity index is 1470. The number of thiophene rings is 1. The summed E-state index contributed by atoms with van der Waals surface area (Å²) in [6.07, 6.45) is 1.14. The fourth-order valence-corrected chi connectivity index (χ4v) is 6.98. The van der Waals surface area contributed by atoms with Crippen LogP contribution in [-0.2, 0) is 10.3 Å². The van der Waals surface area contributed by atoms with Gasteiger partial charge in [-0.05, 0) is 53.1 Å². The second kappa shape index (κ2) is 10.3. The Kier molecular flexibility index (Phi) is 6.72. The van der Waals surface area contributed by atoms with Crippen molar-refractivity contribution in [2.75, 3.05) is 6.61 Å². The lowest BCUT2D eigenvalue weighted by atomic mass is 9.78. The first kappa shape index (κ1) is 24.8. The summed E-state index contributed by atoms with van der Waals surface area (Å²) in [6.45, 7) is 7.05. The number of piperidine rings is 1. The zero-order chi connectivity index (χ0) is 26.1. The van der Waals surface area contributed by atoms with Gasteiger partial charge < -0.3 is 14.8 Å². The zero-order valence-corrected chi connectivity index (χ0v) is 22.7. The molecule has 4 aromatic rings. The molecule has 7 heteroatoms. The average Bonchev–Trinajstić information content (AvgIpc) is 3.48. The van der Waals surface area contributed by atoms with Crippen LogP contribution in [0.4, 0.5) is 0 Å². The van der Waals surface area contributed by atoms with Crippen molar-refractivity contribution in [3.05, 3.63) is 118 Å². The molecule has 6 rings (SSSR count). The number of hydrogen-bond acceptors (Lipinski definition) is 6.